The van der Waals surface area contributed by atoms with Crippen molar-refractivity contribution >= 4 is 41.5 Å². The van der Waals surface area contributed by atoms with Crippen LogP contribution in [0, 0.1) is 11.2 Å². The smallest absolute Gasteiger partial charge is 0.257 e. The number of allylic oxidation sites excluding steroid dienone is 1. The van der Waals surface area contributed by atoms with Crippen LogP contribution in [0.4, 0.5) is 4.39 Å². The molecule has 0 saturated heterocycles. The number of aliphatic hydroxyl groups is 2. The van der Waals surface area contributed by atoms with E-state index in [0.717, 1.165) is 12.3 Å². The molecule has 0 radical (unpaired) electrons. The molecule has 10 heteroatoms. The molecule has 36 heavy (non-hydrogen) atoms. The third-order valence-electron chi connectivity index (χ3n) is 6.81. The number of carbonyl (C=O) groups excluding carboxylic acids is 1. The third kappa shape index (κ3) is 4.37. The molecule has 2 heterocycles. The van der Waals surface area contributed by atoms with Crippen LogP contribution in [0.25, 0.3) is 0 Å². The monoisotopic (exact) mass is 531 g/mol. The molecular weight excluding hydrogens is 508 g/mol. The number of nitrogens with zero attached hydrogens (tertiary/aromatic N) is 2. The fourth-order valence-electron chi connectivity index (χ4n) is 4.65. The molecule has 1 aliphatic carbocycles. The van der Waals surface area contributed by atoms with E-state index in [2.05, 4.69) is 4.99 Å². The minimum Gasteiger partial charge on any atom is -0.387 e. The average molecular weight is 532 g/mol. The molecule has 3 atom stereocenters. The molecule has 0 spiro atoms. The van der Waals surface area contributed by atoms with Crippen molar-refractivity contribution in [3.05, 3.63) is 80.6 Å². The van der Waals surface area contributed by atoms with Gasteiger partial charge in [-0.15, -0.1) is 0 Å². The van der Waals surface area contributed by atoms with Gasteiger partial charge in [-0.25, -0.2) is 4.39 Å². The summed E-state index contributed by atoms with van der Waals surface area (Å²) in [6.45, 7) is -0.0452. The number of benzene rings is 2. The van der Waals surface area contributed by atoms with Crippen LogP contribution in [0.3, 0.4) is 0 Å². The summed E-state index contributed by atoms with van der Waals surface area (Å²) in [4.78, 5) is 19.8. The molecule has 2 aromatic rings. The van der Waals surface area contributed by atoms with Crippen LogP contribution in [0.1, 0.15) is 52.4 Å². The van der Waals surface area contributed by atoms with Crippen LogP contribution in [-0.2, 0) is 10.5 Å². The second-order valence-electron chi connectivity index (χ2n) is 9.37. The van der Waals surface area contributed by atoms with E-state index in [1.54, 1.807) is 30.3 Å². The molecule has 1 amide bonds. The maximum absolute atomic E-state index is 15.9. The fourth-order valence-corrected chi connectivity index (χ4v) is 4.92. The van der Waals surface area contributed by atoms with Gasteiger partial charge in [-0.2, -0.15) is 0 Å². The Bertz CT molecular complexity index is 1280. The lowest BCUT2D eigenvalue weighted by molar-refractivity contribution is -0.137. The third-order valence-corrected chi connectivity index (χ3v) is 7.31. The molecule has 2 aromatic carbocycles. The Morgan fingerprint density at radius 1 is 1.28 bits per heavy atom. The summed E-state index contributed by atoms with van der Waals surface area (Å²) in [5.41, 5.74) is -2.24. The molecule has 2 unspecified atom stereocenters. The van der Waals surface area contributed by atoms with Crippen molar-refractivity contribution in [1.29, 1.82) is 5.41 Å². The van der Waals surface area contributed by atoms with Crippen molar-refractivity contribution in [1.82, 2.24) is 4.90 Å². The number of nitrogens with one attached hydrogen (secondary N) is 1. The number of aliphatic imine (C=N–C) groups is 1. The van der Waals surface area contributed by atoms with E-state index in [9.17, 15) is 15.0 Å². The number of fused-ring (bicyclic) bond motifs is 1. The van der Waals surface area contributed by atoms with Gasteiger partial charge in [-0.05, 0) is 49.1 Å². The summed E-state index contributed by atoms with van der Waals surface area (Å²) in [6.07, 6.45) is 4.23. The molecule has 0 bridgehead atoms. The Morgan fingerprint density at radius 3 is 2.61 bits per heavy atom. The van der Waals surface area contributed by atoms with Gasteiger partial charge < -0.3 is 25.3 Å². The summed E-state index contributed by atoms with van der Waals surface area (Å²) in [5.74, 6) is -1.29. The predicted octanol–water partition coefficient (Wildman–Crippen LogP) is 4.33. The number of ether oxygens (including phenoxy) is 1. The van der Waals surface area contributed by atoms with Crippen LogP contribution in [0.15, 0.2) is 52.5 Å². The first-order valence-corrected chi connectivity index (χ1v) is 12.3. The molecule has 1 saturated carbocycles. The lowest BCUT2D eigenvalue weighted by Gasteiger charge is -2.41. The maximum atomic E-state index is 15.9. The summed E-state index contributed by atoms with van der Waals surface area (Å²) >= 11 is 12.2. The first-order chi connectivity index (χ1) is 17.2. The van der Waals surface area contributed by atoms with E-state index in [4.69, 9.17) is 33.3 Å². The molecule has 3 aliphatic rings. The minimum atomic E-state index is -1.71. The number of hydrogen-bond acceptors (Lipinski definition) is 6. The highest BCUT2D eigenvalue weighted by molar-refractivity contribution is 6.39. The van der Waals surface area contributed by atoms with Gasteiger partial charge >= 0.3 is 0 Å². The van der Waals surface area contributed by atoms with Gasteiger partial charge in [0.2, 0.25) is 0 Å². The number of hydrogen-bond donors (Lipinski definition) is 3. The maximum Gasteiger partial charge on any atom is 0.257 e. The molecule has 188 valence electrons. The Balaban J connectivity index is 1.70. The van der Waals surface area contributed by atoms with E-state index < -0.39 is 29.2 Å². The van der Waals surface area contributed by atoms with Gasteiger partial charge in [0.1, 0.15) is 11.9 Å². The molecule has 1 fully saturated rings. The zero-order valence-corrected chi connectivity index (χ0v) is 20.6. The topological polar surface area (TPSA) is 106 Å². The van der Waals surface area contributed by atoms with Gasteiger partial charge in [-0.1, -0.05) is 41.4 Å². The molecule has 2 aliphatic heterocycles. The molecule has 3 N–H and O–H groups in total. The van der Waals surface area contributed by atoms with Crippen LogP contribution < -0.4 is 0 Å². The van der Waals surface area contributed by atoms with Crippen molar-refractivity contribution in [3.63, 3.8) is 0 Å². The van der Waals surface area contributed by atoms with Crippen molar-refractivity contribution in [2.75, 3.05) is 13.2 Å². The Kier molecular flexibility index (Phi) is 6.51. The highest BCUT2D eigenvalue weighted by atomic mass is 35.5. The highest BCUT2D eigenvalue weighted by Gasteiger charge is 2.56. The Hall–Kier alpha value is -2.62. The summed E-state index contributed by atoms with van der Waals surface area (Å²) in [6, 6.07) is 8.70. The first-order valence-electron chi connectivity index (χ1n) is 11.5. The molecule has 5 rings (SSSR count). The standard InChI is InChI=1S/C26H24Cl2FN3O4/c27-17-3-1-16(2-4-17)26(36-14-25(35)7-8-25)23-20(9-15(10-21(23)29)22(33)11-30)24(34)32(26)13-19-6-5-18(28)12-31-19/h1-5,9-12,19,22,30,33,35H,6-8,13-14H2/t19?,22?,26-/m1/s1. The number of halogens is 3. The fraction of sp³-hybridized carbons (Fsp3) is 0.346. The van der Waals surface area contributed by atoms with E-state index in [-0.39, 0.29) is 35.9 Å². The van der Waals surface area contributed by atoms with Crippen molar-refractivity contribution in [2.45, 2.75) is 42.7 Å². The van der Waals surface area contributed by atoms with Gasteiger partial charge in [0.15, 0.2) is 5.72 Å². The quantitative estimate of drug-likeness (QED) is 0.440. The second kappa shape index (κ2) is 9.36. The largest absolute Gasteiger partial charge is 0.387 e. The zero-order chi connectivity index (χ0) is 25.7. The summed E-state index contributed by atoms with van der Waals surface area (Å²) in [5, 5.41) is 29.1. The predicted molar refractivity (Wildman–Crippen MR) is 134 cm³/mol. The van der Waals surface area contributed by atoms with Crippen molar-refractivity contribution < 1.29 is 24.1 Å². The van der Waals surface area contributed by atoms with Crippen LogP contribution in [0.5, 0.6) is 0 Å². The van der Waals surface area contributed by atoms with Gasteiger partial charge in [0, 0.05) is 29.6 Å². The molecule has 7 nitrogen and oxygen atoms in total. The normalized spacial score (nSPS) is 24.9. The molecular formula is C26H24Cl2FN3O4. The summed E-state index contributed by atoms with van der Waals surface area (Å²) < 4.78 is 22.3. The van der Waals surface area contributed by atoms with E-state index >= 15 is 4.39 Å². The van der Waals surface area contributed by atoms with Gasteiger partial charge in [0.25, 0.3) is 5.91 Å². The average Bonchev–Trinajstić information content (AvgIpc) is 3.56. The van der Waals surface area contributed by atoms with Crippen molar-refractivity contribution in [2.24, 2.45) is 4.99 Å². The number of amides is 1. The van der Waals surface area contributed by atoms with Crippen LogP contribution >= 0.6 is 23.2 Å². The molecule has 0 aromatic heterocycles. The van der Waals surface area contributed by atoms with Crippen LogP contribution in [-0.4, -0.2) is 58.2 Å². The minimum absolute atomic E-state index is 0.0111. The lowest BCUT2D eigenvalue weighted by Crippen LogP contribution is -2.51. The summed E-state index contributed by atoms with van der Waals surface area (Å²) in [7, 11) is 0. The van der Waals surface area contributed by atoms with Crippen LogP contribution in [0.2, 0.25) is 5.02 Å². The first kappa shape index (κ1) is 25.0. The lowest BCUT2D eigenvalue weighted by atomic mass is 9.90. The SMILES string of the molecule is N=CC(O)c1cc(F)c2c(c1)C(=O)N(CC1CC=C(Cl)C=N1)[C@@]2(OCC1(O)CC1)c1ccc(Cl)cc1. The van der Waals surface area contributed by atoms with E-state index in [1.165, 1.54) is 17.2 Å². The van der Waals surface area contributed by atoms with E-state index in [1.807, 2.05) is 0 Å². The Labute approximate surface area is 217 Å². The van der Waals surface area contributed by atoms with Crippen molar-refractivity contribution in [3.8, 4) is 0 Å². The number of carbonyl (C=O) groups is 1. The Morgan fingerprint density at radius 2 is 2.00 bits per heavy atom. The number of aliphatic hydroxyl groups excluding tert-OH is 1. The van der Waals surface area contributed by atoms with E-state index in [0.29, 0.717) is 34.9 Å². The second-order valence-corrected chi connectivity index (χ2v) is 10.2. The zero-order valence-electron chi connectivity index (χ0n) is 19.1. The highest BCUT2D eigenvalue weighted by Crippen LogP contribution is 2.49. The number of rotatable bonds is 8. The number of dihydropyridines is 1. The van der Waals surface area contributed by atoms with Gasteiger partial charge in [0.05, 0.1) is 34.4 Å². The van der Waals surface area contributed by atoms with Gasteiger partial charge in [-0.3, -0.25) is 9.79 Å².